The summed E-state index contributed by atoms with van der Waals surface area (Å²) in [4.78, 5) is 27.9. The normalized spacial score (nSPS) is 14.0. The molecule has 1 saturated heterocycles. The second-order valence-corrected chi connectivity index (χ2v) is 6.46. The maximum absolute atomic E-state index is 12.5. The molecule has 3 rings (SSSR count). The van der Waals surface area contributed by atoms with Gasteiger partial charge in [0.15, 0.2) is 5.78 Å². The van der Waals surface area contributed by atoms with Gasteiger partial charge < -0.3 is 19.9 Å². The quantitative estimate of drug-likeness (QED) is 0.820. The van der Waals surface area contributed by atoms with Gasteiger partial charge in [0.2, 0.25) is 0 Å². The number of anilines is 2. The van der Waals surface area contributed by atoms with Gasteiger partial charge in [0.1, 0.15) is 5.75 Å². The minimum Gasteiger partial charge on any atom is -0.494 e. The Morgan fingerprint density at radius 1 is 0.963 bits per heavy atom. The molecular weight excluding hydrogens is 342 g/mol. The predicted molar refractivity (Wildman–Crippen MR) is 107 cm³/mol. The molecule has 0 radical (unpaired) electrons. The van der Waals surface area contributed by atoms with Gasteiger partial charge in [-0.05, 0) is 62.4 Å². The van der Waals surface area contributed by atoms with Crippen LogP contribution in [0.15, 0.2) is 48.5 Å². The van der Waals surface area contributed by atoms with E-state index >= 15 is 0 Å². The van der Waals surface area contributed by atoms with E-state index in [-0.39, 0.29) is 11.8 Å². The molecule has 1 N–H and O–H groups in total. The van der Waals surface area contributed by atoms with Gasteiger partial charge >= 0.3 is 6.03 Å². The van der Waals surface area contributed by atoms with Crippen molar-refractivity contribution in [2.45, 2.75) is 13.8 Å². The van der Waals surface area contributed by atoms with Crippen LogP contribution in [0.25, 0.3) is 0 Å². The highest BCUT2D eigenvalue weighted by Crippen LogP contribution is 2.19. The smallest absolute Gasteiger partial charge is 0.321 e. The fourth-order valence-electron chi connectivity index (χ4n) is 3.08. The van der Waals surface area contributed by atoms with Gasteiger partial charge in [0.25, 0.3) is 0 Å². The van der Waals surface area contributed by atoms with Crippen LogP contribution in [-0.2, 0) is 0 Å². The zero-order valence-corrected chi connectivity index (χ0v) is 15.8. The molecular formula is C21H25N3O3. The van der Waals surface area contributed by atoms with Crippen molar-refractivity contribution >= 4 is 23.2 Å². The summed E-state index contributed by atoms with van der Waals surface area (Å²) in [7, 11) is 0. The lowest BCUT2D eigenvalue weighted by Crippen LogP contribution is -2.50. The van der Waals surface area contributed by atoms with Crippen molar-refractivity contribution in [2.24, 2.45) is 0 Å². The summed E-state index contributed by atoms with van der Waals surface area (Å²) in [5, 5.41) is 2.93. The van der Waals surface area contributed by atoms with Gasteiger partial charge in [-0.2, -0.15) is 0 Å². The third kappa shape index (κ3) is 4.78. The SMILES string of the molecule is CCOc1ccc(NC(=O)N2CCN(c3ccc(C(C)=O)cc3)CC2)cc1. The Morgan fingerprint density at radius 3 is 2.15 bits per heavy atom. The Morgan fingerprint density at radius 2 is 1.59 bits per heavy atom. The molecule has 1 fully saturated rings. The monoisotopic (exact) mass is 367 g/mol. The molecule has 0 spiro atoms. The summed E-state index contributed by atoms with van der Waals surface area (Å²) in [5.74, 6) is 0.859. The highest BCUT2D eigenvalue weighted by atomic mass is 16.5. The maximum atomic E-state index is 12.5. The van der Waals surface area contributed by atoms with Crippen LogP contribution in [0.3, 0.4) is 0 Å². The Labute approximate surface area is 159 Å². The largest absolute Gasteiger partial charge is 0.494 e. The van der Waals surface area contributed by atoms with Crippen molar-refractivity contribution in [1.29, 1.82) is 0 Å². The lowest BCUT2D eigenvalue weighted by Gasteiger charge is -2.36. The van der Waals surface area contributed by atoms with Crippen LogP contribution in [0, 0.1) is 0 Å². The molecule has 0 atom stereocenters. The summed E-state index contributed by atoms with van der Waals surface area (Å²) < 4.78 is 5.41. The topological polar surface area (TPSA) is 61.9 Å². The number of Topliss-reactive ketones (excluding diaryl/α,β-unsaturated/α-hetero) is 1. The first-order valence-electron chi connectivity index (χ1n) is 9.21. The number of amides is 2. The van der Waals surface area contributed by atoms with Crippen molar-refractivity contribution in [2.75, 3.05) is 43.0 Å². The summed E-state index contributed by atoms with van der Waals surface area (Å²) in [6, 6.07) is 14.9. The number of hydrogen-bond donors (Lipinski definition) is 1. The first-order chi connectivity index (χ1) is 13.1. The second-order valence-electron chi connectivity index (χ2n) is 6.46. The van der Waals surface area contributed by atoms with E-state index in [9.17, 15) is 9.59 Å². The van der Waals surface area contributed by atoms with Gasteiger partial charge in [0.05, 0.1) is 6.61 Å². The number of hydrogen-bond acceptors (Lipinski definition) is 4. The number of carbonyl (C=O) groups is 2. The second kappa shape index (κ2) is 8.58. The summed E-state index contributed by atoms with van der Waals surface area (Å²) in [6.45, 7) is 6.94. The highest BCUT2D eigenvalue weighted by Gasteiger charge is 2.21. The molecule has 0 saturated carbocycles. The van der Waals surface area contributed by atoms with Crippen LogP contribution < -0.4 is 15.0 Å². The number of benzene rings is 2. The molecule has 0 unspecified atom stereocenters. The van der Waals surface area contributed by atoms with Crippen LogP contribution >= 0.6 is 0 Å². The van der Waals surface area contributed by atoms with Gasteiger partial charge in [-0.3, -0.25) is 4.79 Å². The number of ether oxygens (including phenoxy) is 1. The molecule has 142 valence electrons. The van der Waals surface area contributed by atoms with E-state index in [1.807, 2.05) is 60.4 Å². The molecule has 2 aromatic carbocycles. The minimum absolute atomic E-state index is 0.0670. The minimum atomic E-state index is -0.0919. The number of piperazine rings is 1. The lowest BCUT2D eigenvalue weighted by molar-refractivity contribution is 0.101. The fourth-order valence-corrected chi connectivity index (χ4v) is 3.08. The van der Waals surface area contributed by atoms with E-state index in [1.165, 1.54) is 0 Å². The summed E-state index contributed by atoms with van der Waals surface area (Å²) in [6.07, 6.45) is 0. The molecule has 1 aliphatic heterocycles. The van der Waals surface area contributed by atoms with Crippen LogP contribution in [0.1, 0.15) is 24.2 Å². The number of urea groups is 1. The first-order valence-corrected chi connectivity index (χ1v) is 9.21. The van der Waals surface area contributed by atoms with E-state index in [0.29, 0.717) is 25.3 Å². The number of nitrogens with zero attached hydrogens (tertiary/aromatic N) is 2. The first kappa shape index (κ1) is 18.8. The van der Waals surface area contributed by atoms with Crippen molar-refractivity contribution in [1.82, 2.24) is 4.90 Å². The molecule has 2 amide bonds. The zero-order valence-electron chi connectivity index (χ0n) is 15.8. The van der Waals surface area contributed by atoms with Crippen LogP contribution in [-0.4, -0.2) is 49.5 Å². The van der Waals surface area contributed by atoms with Crippen molar-refractivity contribution in [3.8, 4) is 5.75 Å². The van der Waals surface area contributed by atoms with E-state index in [2.05, 4.69) is 10.2 Å². The van der Waals surface area contributed by atoms with E-state index in [4.69, 9.17) is 4.74 Å². The van der Waals surface area contributed by atoms with Crippen LogP contribution in [0.5, 0.6) is 5.75 Å². The molecule has 27 heavy (non-hydrogen) atoms. The number of ketones is 1. The molecule has 2 aromatic rings. The van der Waals surface area contributed by atoms with Crippen LogP contribution in [0.4, 0.5) is 16.2 Å². The maximum Gasteiger partial charge on any atom is 0.321 e. The average Bonchev–Trinajstić information content (AvgIpc) is 2.70. The number of nitrogens with one attached hydrogen (secondary N) is 1. The summed E-state index contributed by atoms with van der Waals surface area (Å²) in [5.41, 5.74) is 2.55. The molecule has 0 aromatic heterocycles. The predicted octanol–water partition coefficient (Wildman–Crippen LogP) is 3.64. The molecule has 1 aliphatic rings. The van der Waals surface area contributed by atoms with Crippen LogP contribution in [0.2, 0.25) is 0 Å². The van der Waals surface area contributed by atoms with E-state index in [0.717, 1.165) is 30.2 Å². The average molecular weight is 367 g/mol. The molecule has 6 nitrogen and oxygen atoms in total. The molecule has 1 heterocycles. The Kier molecular flexibility index (Phi) is 5.96. The standard InChI is InChI=1S/C21H25N3O3/c1-3-27-20-10-6-18(7-11-20)22-21(26)24-14-12-23(13-15-24)19-8-4-17(5-9-19)16(2)25/h4-11H,3,12-15H2,1-2H3,(H,22,26). The van der Waals surface area contributed by atoms with Gasteiger partial charge in [0, 0.05) is 43.1 Å². The third-order valence-corrected chi connectivity index (χ3v) is 4.62. The van der Waals surface area contributed by atoms with Crippen molar-refractivity contribution in [3.05, 3.63) is 54.1 Å². The van der Waals surface area contributed by atoms with Gasteiger partial charge in [-0.25, -0.2) is 4.79 Å². The number of carbonyl (C=O) groups excluding carboxylic acids is 2. The molecule has 0 bridgehead atoms. The Bertz CT molecular complexity index is 779. The zero-order chi connectivity index (χ0) is 19.2. The Balaban J connectivity index is 1.52. The molecule has 0 aliphatic carbocycles. The van der Waals surface area contributed by atoms with Gasteiger partial charge in [-0.1, -0.05) is 0 Å². The van der Waals surface area contributed by atoms with E-state index in [1.54, 1.807) is 6.92 Å². The fraction of sp³-hybridized carbons (Fsp3) is 0.333. The highest BCUT2D eigenvalue weighted by molar-refractivity contribution is 5.94. The van der Waals surface area contributed by atoms with E-state index < -0.39 is 0 Å². The molecule has 6 heteroatoms. The van der Waals surface area contributed by atoms with Crippen molar-refractivity contribution in [3.63, 3.8) is 0 Å². The summed E-state index contributed by atoms with van der Waals surface area (Å²) >= 11 is 0. The lowest BCUT2D eigenvalue weighted by atomic mass is 10.1. The van der Waals surface area contributed by atoms with Gasteiger partial charge in [-0.15, -0.1) is 0 Å². The number of rotatable bonds is 5. The van der Waals surface area contributed by atoms with Crippen molar-refractivity contribution < 1.29 is 14.3 Å². The third-order valence-electron chi connectivity index (χ3n) is 4.62. The Hall–Kier alpha value is -3.02.